The molecule has 0 radical (unpaired) electrons. The van der Waals surface area contributed by atoms with E-state index in [0.717, 1.165) is 12.8 Å². The van der Waals surface area contributed by atoms with E-state index in [1.807, 2.05) is 0 Å². The maximum Gasteiger partial charge on any atom is 0.0346 e. The minimum absolute atomic E-state index is 0.194. The molecular weight excluding hydrogens is 136 g/mol. The van der Waals surface area contributed by atoms with Crippen LogP contribution in [-0.2, 0) is 0 Å². The molecule has 0 bridgehead atoms. The van der Waals surface area contributed by atoms with E-state index in [0.29, 0.717) is 0 Å². The Balaban J connectivity index is 4.46. The van der Waals surface area contributed by atoms with Gasteiger partial charge in [0, 0.05) is 11.6 Å². The van der Waals surface area contributed by atoms with Gasteiger partial charge in [0.05, 0.1) is 0 Å². The van der Waals surface area contributed by atoms with Crippen molar-refractivity contribution in [1.29, 1.82) is 0 Å². The molecule has 0 aromatic rings. The van der Waals surface area contributed by atoms with Crippen LogP contribution in [0.2, 0.25) is 0 Å². The van der Waals surface area contributed by atoms with E-state index in [-0.39, 0.29) is 11.6 Å². The lowest BCUT2D eigenvalue weighted by atomic mass is 9.85. The molecule has 0 spiro atoms. The second-order valence-corrected chi connectivity index (χ2v) is 3.49. The zero-order valence-corrected chi connectivity index (χ0v) is 8.52. The van der Waals surface area contributed by atoms with Crippen LogP contribution in [0.15, 0.2) is 0 Å². The van der Waals surface area contributed by atoms with Gasteiger partial charge in [-0.25, -0.2) is 0 Å². The summed E-state index contributed by atoms with van der Waals surface area (Å²) < 4.78 is 0. The molecule has 68 valence electrons. The van der Waals surface area contributed by atoms with Crippen LogP contribution in [0.25, 0.3) is 0 Å². The predicted molar refractivity (Wildman–Crippen MR) is 50.6 cm³/mol. The summed E-state index contributed by atoms with van der Waals surface area (Å²) in [7, 11) is 4.22. The molecule has 0 aliphatic heterocycles. The number of hydrogen-bond acceptors (Lipinski definition) is 2. The van der Waals surface area contributed by atoms with Crippen LogP contribution in [0.4, 0.5) is 0 Å². The quantitative estimate of drug-likeness (QED) is 0.671. The molecule has 0 saturated heterocycles. The third kappa shape index (κ3) is 1.94. The molecule has 11 heavy (non-hydrogen) atoms. The highest BCUT2D eigenvalue weighted by Crippen LogP contribution is 2.23. The number of likely N-dealkylation sites (N-methyl/N-ethyl adjacent to an activating group) is 1. The minimum Gasteiger partial charge on any atom is -0.326 e. The summed E-state index contributed by atoms with van der Waals surface area (Å²) in [5, 5.41) is 0. The molecule has 0 fully saturated rings. The molecule has 1 atom stereocenters. The largest absolute Gasteiger partial charge is 0.326 e. The van der Waals surface area contributed by atoms with Gasteiger partial charge in [-0.2, -0.15) is 0 Å². The lowest BCUT2D eigenvalue weighted by molar-refractivity contribution is 0.113. The molecule has 0 aromatic carbocycles. The van der Waals surface area contributed by atoms with Crippen molar-refractivity contribution in [2.45, 2.75) is 45.2 Å². The van der Waals surface area contributed by atoms with Gasteiger partial charge >= 0.3 is 0 Å². The SMILES string of the molecule is CCC(CC)(C(C)N)N(C)C. The van der Waals surface area contributed by atoms with Crippen molar-refractivity contribution in [3.05, 3.63) is 0 Å². The highest BCUT2D eigenvalue weighted by molar-refractivity contribution is 4.92. The Hall–Kier alpha value is -0.0800. The first kappa shape index (κ1) is 10.9. The molecule has 0 aliphatic rings. The van der Waals surface area contributed by atoms with Crippen molar-refractivity contribution < 1.29 is 0 Å². The molecule has 1 unspecified atom stereocenters. The second-order valence-electron chi connectivity index (χ2n) is 3.49. The monoisotopic (exact) mass is 158 g/mol. The van der Waals surface area contributed by atoms with Crippen molar-refractivity contribution in [3.63, 3.8) is 0 Å². The van der Waals surface area contributed by atoms with E-state index in [4.69, 9.17) is 5.73 Å². The molecule has 2 N–H and O–H groups in total. The smallest absolute Gasteiger partial charge is 0.0346 e. The third-order valence-electron chi connectivity index (χ3n) is 2.96. The zero-order valence-electron chi connectivity index (χ0n) is 8.52. The number of hydrogen-bond donors (Lipinski definition) is 1. The molecule has 0 saturated carbocycles. The van der Waals surface area contributed by atoms with E-state index < -0.39 is 0 Å². The Morgan fingerprint density at radius 3 is 1.64 bits per heavy atom. The lowest BCUT2D eigenvalue weighted by Gasteiger charge is -2.42. The summed E-state index contributed by atoms with van der Waals surface area (Å²) in [6.07, 6.45) is 2.24. The topological polar surface area (TPSA) is 29.3 Å². The zero-order chi connectivity index (χ0) is 9.07. The minimum atomic E-state index is 0.194. The Morgan fingerprint density at radius 2 is 1.64 bits per heavy atom. The van der Waals surface area contributed by atoms with Gasteiger partial charge in [0.2, 0.25) is 0 Å². The van der Waals surface area contributed by atoms with Crippen LogP contribution < -0.4 is 5.73 Å². The summed E-state index contributed by atoms with van der Waals surface area (Å²) >= 11 is 0. The second kappa shape index (κ2) is 4.07. The molecule has 0 aliphatic carbocycles. The number of rotatable bonds is 4. The molecular formula is C9H22N2. The maximum atomic E-state index is 5.95. The van der Waals surface area contributed by atoms with E-state index in [1.165, 1.54) is 0 Å². The van der Waals surface area contributed by atoms with E-state index in [1.54, 1.807) is 0 Å². The number of nitrogens with two attached hydrogens (primary N) is 1. The number of nitrogens with zero attached hydrogens (tertiary/aromatic N) is 1. The van der Waals surface area contributed by atoms with E-state index in [2.05, 4.69) is 39.8 Å². The Labute approximate surface area is 70.8 Å². The first-order chi connectivity index (χ1) is 5.01. The Morgan fingerprint density at radius 1 is 1.27 bits per heavy atom. The average Bonchev–Trinajstić information content (AvgIpc) is 1.90. The third-order valence-corrected chi connectivity index (χ3v) is 2.96. The van der Waals surface area contributed by atoms with Crippen LogP contribution in [0.1, 0.15) is 33.6 Å². The fraction of sp³-hybridized carbons (Fsp3) is 1.00. The average molecular weight is 158 g/mol. The molecule has 0 heterocycles. The van der Waals surface area contributed by atoms with Crippen molar-refractivity contribution >= 4 is 0 Å². The van der Waals surface area contributed by atoms with Gasteiger partial charge in [-0.05, 0) is 33.9 Å². The first-order valence-corrected chi connectivity index (χ1v) is 4.44. The maximum absolute atomic E-state index is 5.95. The summed E-state index contributed by atoms with van der Waals surface area (Å²) in [6.45, 7) is 6.49. The highest BCUT2D eigenvalue weighted by atomic mass is 15.2. The van der Waals surface area contributed by atoms with Gasteiger partial charge < -0.3 is 10.6 Å². The summed E-state index contributed by atoms with van der Waals surface area (Å²) in [5.41, 5.74) is 6.15. The lowest BCUT2D eigenvalue weighted by Crippen LogP contribution is -2.55. The normalized spacial score (nSPS) is 15.5. The predicted octanol–water partition coefficient (Wildman–Crippen LogP) is 1.45. The van der Waals surface area contributed by atoms with Crippen molar-refractivity contribution in [2.24, 2.45) is 5.73 Å². The molecule has 2 heteroatoms. The summed E-state index contributed by atoms with van der Waals surface area (Å²) in [5.74, 6) is 0. The van der Waals surface area contributed by atoms with E-state index >= 15 is 0 Å². The van der Waals surface area contributed by atoms with Crippen LogP contribution in [0.5, 0.6) is 0 Å². The summed E-state index contributed by atoms with van der Waals surface area (Å²) in [4.78, 5) is 2.25. The fourth-order valence-corrected chi connectivity index (χ4v) is 1.93. The molecule has 2 nitrogen and oxygen atoms in total. The van der Waals surface area contributed by atoms with Gasteiger partial charge in [0.15, 0.2) is 0 Å². The van der Waals surface area contributed by atoms with Gasteiger partial charge in [-0.3, -0.25) is 0 Å². The van der Waals surface area contributed by atoms with Crippen LogP contribution >= 0.6 is 0 Å². The fourth-order valence-electron chi connectivity index (χ4n) is 1.93. The molecule has 0 amide bonds. The van der Waals surface area contributed by atoms with Gasteiger partial charge in [0.25, 0.3) is 0 Å². The van der Waals surface area contributed by atoms with Crippen molar-refractivity contribution in [3.8, 4) is 0 Å². The van der Waals surface area contributed by atoms with Crippen LogP contribution in [0.3, 0.4) is 0 Å². The van der Waals surface area contributed by atoms with Crippen LogP contribution in [-0.4, -0.2) is 30.6 Å². The molecule has 0 rings (SSSR count). The van der Waals surface area contributed by atoms with Crippen molar-refractivity contribution in [1.82, 2.24) is 4.90 Å². The first-order valence-electron chi connectivity index (χ1n) is 4.44. The molecule has 0 aromatic heterocycles. The van der Waals surface area contributed by atoms with Gasteiger partial charge in [-0.1, -0.05) is 13.8 Å². The summed E-state index contributed by atoms with van der Waals surface area (Å²) in [6, 6.07) is 0.243. The Bertz CT molecular complexity index is 94.1. The van der Waals surface area contributed by atoms with E-state index in [9.17, 15) is 0 Å². The van der Waals surface area contributed by atoms with Gasteiger partial charge in [0.1, 0.15) is 0 Å². The highest BCUT2D eigenvalue weighted by Gasteiger charge is 2.32. The van der Waals surface area contributed by atoms with Gasteiger partial charge in [-0.15, -0.1) is 0 Å². The van der Waals surface area contributed by atoms with Crippen molar-refractivity contribution in [2.75, 3.05) is 14.1 Å². The standard InChI is InChI=1S/C9H22N2/c1-6-9(7-2,8(3)10)11(4)5/h8H,6-7,10H2,1-5H3. The van der Waals surface area contributed by atoms with Crippen LogP contribution in [0, 0.1) is 0 Å². The Kier molecular flexibility index (Phi) is 4.04.